The van der Waals surface area contributed by atoms with Crippen molar-refractivity contribution >= 4 is 146 Å². The number of fused-ring (bicyclic) bond motifs is 7. The largest absolute Gasteiger partial charge is 0.310 e. The summed E-state index contributed by atoms with van der Waals surface area (Å²) in [5.74, 6) is 0. The van der Waals surface area contributed by atoms with Crippen molar-refractivity contribution in [2.24, 2.45) is 0 Å². The fourth-order valence-electron chi connectivity index (χ4n) is 14.6. The van der Waals surface area contributed by atoms with Crippen LogP contribution in [0, 0.1) is 0 Å². The third-order valence-corrected chi connectivity index (χ3v) is 28.3. The molecule has 0 aliphatic rings. The highest BCUT2D eigenvalue weighted by molar-refractivity contribution is 7.20. The third-order valence-electron chi connectivity index (χ3n) is 18.7. The number of nitrogens with zero attached hydrogens (tertiary/aromatic N) is 2. The molecule has 0 bridgehead atoms. The highest BCUT2D eigenvalue weighted by atomic mass is 28.3. The van der Waals surface area contributed by atoms with Crippen molar-refractivity contribution in [2.45, 2.75) is 0 Å². The van der Waals surface area contributed by atoms with Gasteiger partial charge in [0, 0.05) is 33.5 Å². The van der Waals surface area contributed by atoms with Gasteiger partial charge in [0.2, 0.25) is 0 Å². The summed E-state index contributed by atoms with van der Waals surface area (Å²) < 4.78 is 0. The normalized spacial score (nSPS) is 11.8. The van der Waals surface area contributed by atoms with Crippen LogP contribution in [0.1, 0.15) is 0 Å². The van der Waals surface area contributed by atoms with Gasteiger partial charge in [-0.3, -0.25) is 0 Å². The molecule has 90 heavy (non-hydrogen) atoms. The third kappa shape index (κ3) is 9.23. The van der Waals surface area contributed by atoms with E-state index in [1.807, 2.05) is 0 Å². The SMILES string of the molecule is c1ccc([Si](c2ccccc2)(c2ccccc2)c2ccc(N(c3ccc4ccccc4c3)c3cc4c5ccccc5c(N(c5ccc([Si](c6ccccc6)(c6ccccc6)c6ccccc6)cc5)c5ccc6ccccc6c5)cc4c4ccccc34)cc2)cc1. The van der Waals surface area contributed by atoms with Gasteiger partial charge in [-0.15, -0.1) is 0 Å². The van der Waals surface area contributed by atoms with E-state index in [-0.39, 0.29) is 0 Å². The fraction of sp³-hybridized carbons (Fsp3) is 0. The van der Waals surface area contributed by atoms with Crippen LogP contribution in [0.15, 0.2) is 376 Å². The van der Waals surface area contributed by atoms with Gasteiger partial charge in [0.25, 0.3) is 0 Å². The molecular weight excluding hydrogens is 1120 g/mol. The number of hydrogen-bond acceptors (Lipinski definition) is 2. The second-order valence-corrected chi connectivity index (χ2v) is 31.1. The van der Waals surface area contributed by atoms with Crippen molar-refractivity contribution in [3.63, 3.8) is 0 Å². The quantitative estimate of drug-likeness (QED) is 0.0608. The monoisotopic (exact) mass is 1180 g/mol. The highest BCUT2D eigenvalue weighted by Gasteiger charge is 2.43. The van der Waals surface area contributed by atoms with Crippen molar-refractivity contribution in [1.29, 1.82) is 0 Å². The Labute approximate surface area is 528 Å². The van der Waals surface area contributed by atoms with E-state index in [0.717, 1.165) is 44.9 Å². The van der Waals surface area contributed by atoms with Crippen LogP contribution < -0.4 is 51.3 Å². The lowest BCUT2D eigenvalue weighted by molar-refractivity contribution is 1.30. The van der Waals surface area contributed by atoms with Crippen LogP contribution in [-0.4, -0.2) is 16.1 Å². The van der Waals surface area contributed by atoms with Crippen LogP contribution in [0.5, 0.6) is 0 Å². The van der Waals surface area contributed by atoms with Crippen LogP contribution in [0.4, 0.5) is 34.1 Å². The molecule has 0 aromatic heterocycles. The Kier molecular flexibility index (Phi) is 14.0. The Hall–Kier alpha value is -11.1. The molecule has 424 valence electrons. The van der Waals surface area contributed by atoms with Crippen molar-refractivity contribution in [3.05, 3.63) is 376 Å². The lowest BCUT2D eigenvalue weighted by Gasteiger charge is -2.35. The Morgan fingerprint density at radius 1 is 0.156 bits per heavy atom. The Bertz CT molecular complexity index is 4700. The summed E-state index contributed by atoms with van der Waals surface area (Å²) in [7, 11) is -5.63. The first-order valence-corrected chi connectivity index (χ1v) is 35.1. The number of hydrogen-bond donors (Lipinski definition) is 0. The molecule has 0 N–H and O–H groups in total. The molecule has 16 rings (SSSR count). The summed E-state index contributed by atoms with van der Waals surface area (Å²) in [6.07, 6.45) is 0. The molecule has 0 aliphatic heterocycles. The van der Waals surface area contributed by atoms with E-state index in [1.165, 1.54) is 84.6 Å². The number of rotatable bonds is 14. The summed E-state index contributed by atoms with van der Waals surface area (Å²) >= 11 is 0. The minimum absolute atomic E-state index is 1.08. The van der Waals surface area contributed by atoms with Crippen LogP contribution in [0.2, 0.25) is 0 Å². The van der Waals surface area contributed by atoms with E-state index in [0.29, 0.717) is 0 Å². The average molecular weight is 1180 g/mol. The molecule has 0 amide bonds. The summed E-state index contributed by atoms with van der Waals surface area (Å²) in [6, 6.07) is 141. The van der Waals surface area contributed by atoms with E-state index >= 15 is 0 Å². The van der Waals surface area contributed by atoms with Gasteiger partial charge in [0.1, 0.15) is 0 Å². The standard InChI is InChI=1S/C86H62N2Si2/c1-7-31-71(32-8-1)89(72-33-9-2-10-34-72,73-35-11-3-12-36-73)77-55-51-67(52-56-77)87(69-49-47-63-27-19-21-29-65(63)59-69)85-61-83-80-44-24-26-46-82(80)86(62-84(83)79-43-23-25-45-81(79)85)88(70-50-48-64-28-20-22-30-66(64)60-70)68-53-57-78(58-54-68)90(74-37-13-4-14-38-74,75-39-15-5-16-40-75)76-41-17-6-18-42-76/h1-62H. The molecule has 0 aliphatic carbocycles. The van der Waals surface area contributed by atoms with Crippen molar-refractivity contribution in [3.8, 4) is 0 Å². The summed E-state index contributed by atoms with van der Waals surface area (Å²) in [6.45, 7) is 0. The summed E-state index contributed by atoms with van der Waals surface area (Å²) in [5, 5.41) is 22.6. The Morgan fingerprint density at radius 2 is 0.389 bits per heavy atom. The van der Waals surface area contributed by atoms with Gasteiger partial charge in [-0.1, -0.05) is 315 Å². The maximum absolute atomic E-state index is 2.82. The average Bonchev–Trinajstić information content (AvgIpc) is 0.763. The molecule has 0 saturated carbocycles. The van der Waals surface area contributed by atoms with Gasteiger partial charge in [-0.05, 0) is 145 Å². The number of benzene rings is 16. The Morgan fingerprint density at radius 3 is 0.689 bits per heavy atom. The molecule has 0 radical (unpaired) electrons. The smallest absolute Gasteiger partial charge is 0.179 e. The molecule has 4 heteroatoms. The fourth-order valence-corrected chi connectivity index (χ4v) is 24.1. The zero-order valence-electron chi connectivity index (χ0n) is 49.7. The molecule has 0 fully saturated rings. The summed E-state index contributed by atoms with van der Waals surface area (Å²) in [4.78, 5) is 5.01. The molecule has 0 spiro atoms. The maximum atomic E-state index is 2.50. The van der Waals surface area contributed by atoms with Crippen LogP contribution in [-0.2, 0) is 0 Å². The van der Waals surface area contributed by atoms with Gasteiger partial charge in [0.05, 0.1) is 11.4 Å². The molecule has 0 heterocycles. The van der Waals surface area contributed by atoms with Gasteiger partial charge in [-0.25, -0.2) is 0 Å². The van der Waals surface area contributed by atoms with Gasteiger partial charge in [0.15, 0.2) is 16.1 Å². The first kappa shape index (κ1) is 54.3. The molecule has 0 unspecified atom stereocenters. The van der Waals surface area contributed by atoms with Crippen molar-refractivity contribution in [2.75, 3.05) is 9.80 Å². The predicted octanol–water partition coefficient (Wildman–Crippen LogP) is 17.1. The van der Waals surface area contributed by atoms with E-state index in [4.69, 9.17) is 0 Å². The molecular formula is C86H62N2Si2. The van der Waals surface area contributed by atoms with E-state index in [9.17, 15) is 0 Å². The van der Waals surface area contributed by atoms with Gasteiger partial charge >= 0.3 is 0 Å². The molecule has 0 atom stereocenters. The first-order valence-electron chi connectivity index (χ1n) is 31.1. The lowest BCUT2D eigenvalue weighted by Crippen LogP contribution is -2.74. The zero-order valence-corrected chi connectivity index (χ0v) is 51.7. The molecule has 0 saturated heterocycles. The first-order chi connectivity index (χ1) is 44.6. The molecule has 16 aromatic carbocycles. The van der Waals surface area contributed by atoms with E-state index in [1.54, 1.807) is 0 Å². The second-order valence-electron chi connectivity index (χ2n) is 23.5. The zero-order chi connectivity index (χ0) is 59.9. The van der Waals surface area contributed by atoms with Crippen LogP contribution in [0.3, 0.4) is 0 Å². The predicted molar refractivity (Wildman–Crippen MR) is 391 cm³/mol. The minimum atomic E-state index is -2.82. The van der Waals surface area contributed by atoms with Crippen molar-refractivity contribution in [1.82, 2.24) is 0 Å². The maximum Gasteiger partial charge on any atom is 0.179 e. The topological polar surface area (TPSA) is 6.48 Å². The van der Waals surface area contributed by atoms with Crippen LogP contribution in [0.25, 0.3) is 53.9 Å². The highest BCUT2D eigenvalue weighted by Crippen LogP contribution is 2.48. The van der Waals surface area contributed by atoms with Gasteiger partial charge < -0.3 is 9.80 Å². The molecule has 2 nitrogen and oxygen atoms in total. The lowest BCUT2D eigenvalue weighted by atomic mass is 9.93. The Balaban J connectivity index is 0.913. The van der Waals surface area contributed by atoms with Gasteiger partial charge in [-0.2, -0.15) is 0 Å². The van der Waals surface area contributed by atoms with Crippen molar-refractivity contribution < 1.29 is 0 Å². The van der Waals surface area contributed by atoms with Crippen LogP contribution >= 0.6 is 0 Å². The second kappa shape index (κ2) is 23.2. The minimum Gasteiger partial charge on any atom is -0.310 e. The van der Waals surface area contributed by atoms with E-state index in [2.05, 4.69) is 386 Å². The molecule has 16 aromatic rings. The number of anilines is 6. The summed E-state index contributed by atoms with van der Waals surface area (Å²) in [5.41, 5.74) is 6.58. The van der Waals surface area contributed by atoms with E-state index < -0.39 is 16.1 Å².